The van der Waals surface area contributed by atoms with E-state index in [1.807, 2.05) is 0 Å². The summed E-state index contributed by atoms with van der Waals surface area (Å²) in [6.45, 7) is 4.24. The number of benzene rings is 1. The minimum Gasteiger partial charge on any atom is -0.475 e. The van der Waals surface area contributed by atoms with Crippen molar-refractivity contribution in [2.75, 3.05) is 13.1 Å². The van der Waals surface area contributed by atoms with E-state index in [9.17, 15) is 13.2 Å². The highest BCUT2D eigenvalue weighted by Gasteiger charge is 2.38. The number of aryl methyl sites for hydroxylation is 1. The van der Waals surface area contributed by atoms with Gasteiger partial charge in [0, 0.05) is 17.6 Å². The molecule has 0 aliphatic carbocycles. The molecule has 0 spiro atoms. The number of aliphatic carboxylic acids is 1. The van der Waals surface area contributed by atoms with Crippen molar-refractivity contribution in [2.45, 2.75) is 13.1 Å². The second-order valence-corrected chi connectivity index (χ2v) is 5.13. The smallest absolute Gasteiger partial charge is 0.475 e. The lowest BCUT2D eigenvalue weighted by atomic mass is 10.0. The molecule has 1 aromatic carbocycles. The zero-order valence-corrected chi connectivity index (χ0v) is 12.2. The first-order valence-corrected chi connectivity index (χ1v) is 6.46. The first-order chi connectivity index (χ1) is 9.20. The number of hydrogen-bond acceptors (Lipinski definition) is 2. The summed E-state index contributed by atoms with van der Waals surface area (Å²) in [6, 6.07) is 6.40. The molecule has 1 saturated heterocycles. The lowest BCUT2D eigenvalue weighted by molar-refractivity contribution is -0.192. The molecule has 0 radical (unpaired) electrons. The second-order valence-electron chi connectivity index (χ2n) is 4.21. The van der Waals surface area contributed by atoms with E-state index >= 15 is 0 Å². The highest BCUT2D eigenvalue weighted by Crippen LogP contribution is 2.19. The fourth-order valence-electron chi connectivity index (χ4n) is 1.39. The first-order valence-electron chi connectivity index (χ1n) is 5.66. The molecule has 0 unspecified atom stereocenters. The Morgan fingerprint density at radius 3 is 2.30 bits per heavy atom. The second kappa shape index (κ2) is 6.90. The highest BCUT2D eigenvalue weighted by molar-refractivity contribution is 9.10. The maximum absolute atomic E-state index is 10.6. The quantitative estimate of drug-likeness (QED) is 0.815. The molecule has 0 saturated carbocycles. The molecule has 1 aliphatic rings. The number of carbonyl (C=O) groups is 1. The van der Waals surface area contributed by atoms with Crippen molar-refractivity contribution in [1.29, 1.82) is 0 Å². The molecule has 0 bridgehead atoms. The minimum atomic E-state index is -5.08. The van der Waals surface area contributed by atoms with Crippen molar-refractivity contribution in [1.82, 2.24) is 5.32 Å². The van der Waals surface area contributed by atoms with Gasteiger partial charge in [-0.1, -0.05) is 28.1 Å². The van der Waals surface area contributed by atoms with Crippen molar-refractivity contribution in [2.24, 2.45) is 0 Å². The van der Waals surface area contributed by atoms with Gasteiger partial charge in [0.1, 0.15) is 0 Å². The Morgan fingerprint density at radius 2 is 1.95 bits per heavy atom. The Labute approximate surface area is 122 Å². The van der Waals surface area contributed by atoms with Gasteiger partial charge >= 0.3 is 12.1 Å². The fourth-order valence-corrected chi connectivity index (χ4v) is 1.87. The molecular weight excluding hydrogens is 339 g/mol. The van der Waals surface area contributed by atoms with Crippen LogP contribution >= 0.6 is 15.9 Å². The van der Waals surface area contributed by atoms with Crippen molar-refractivity contribution in [3.8, 4) is 0 Å². The zero-order valence-electron chi connectivity index (χ0n) is 10.6. The van der Waals surface area contributed by atoms with Crippen molar-refractivity contribution in [3.63, 3.8) is 0 Å². The van der Waals surface area contributed by atoms with Crippen LogP contribution in [0.5, 0.6) is 0 Å². The van der Waals surface area contributed by atoms with Crippen LogP contribution in [0.2, 0.25) is 0 Å². The number of carboxylic acids is 1. The van der Waals surface area contributed by atoms with Gasteiger partial charge in [0.15, 0.2) is 0 Å². The Balaban J connectivity index is 0.000000246. The highest BCUT2D eigenvalue weighted by atomic mass is 79.9. The van der Waals surface area contributed by atoms with Gasteiger partial charge in [-0.05, 0) is 35.8 Å². The number of rotatable bonds is 1. The van der Waals surface area contributed by atoms with E-state index in [0.717, 1.165) is 17.6 Å². The molecule has 1 aromatic rings. The van der Waals surface area contributed by atoms with Gasteiger partial charge < -0.3 is 10.4 Å². The molecule has 1 fully saturated rings. The standard InChI is InChI=1S/C11H12BrN.C2HF3O2/c1-8-4-11(12)3-2-10(8)5-9-6-13-7-9;3-2(4,5)1(6)7/h2-5,13H,6-7H2,1H3;(H,6,7). The Hall–Kier alpha value is -1.34. The third-order valence-electron chi connectivity index (χ3n) is 2.54. The molecule has 1 aliphatic heterocycles. The first kappa shape index (κ1) is 16.7. The average molecular weight is 352 g/mol. The molecule has 0 atom stereocenters. The van der Waals surface area contributed by atoms with E-state index in [1.165, 1.54) is 16.7 Å². The van der Waals surface area contributed by atoms with Crippen LogP contribution in [-0.2, 0) is 4.79 Å². The van der Waals surface area contributed by atoms with Gasteiger partial charge in [-0.25, -0.2) is 4.79 Å². The normalized spacial score (nSPS) is 13.9. The monoisotopic (exact) mass is 351 g/mol. The van der Waals surface area contributed by atoms with E-state index in [0.29, 0.717) is 0 Å². The average Bonchev–Trinajstić information content (AvgIpc) is 2.25. The largest absolute Gasteiger partial charge is 0.490 e. The summed E-state index contributed by atoms with van der Waals surface area (Å²) < 4.78 is 32.9. The van der Waals surface area contributed by atoms with Gasteiger partial charge in [0.25, 0.3) is 0 Å². The van der Waals surface area contributed by atoms with Crippen molar-refractivity contribution in [3.05, 3.63) is 39.4 Å². The Bertz CT molecular complexity index is 521. The number of halogens is 4. The van der Waals surface area contributed by atoms with Crippen LogP contribution in [0.3, 0.4) is 0 Å². The van der Waals surface area contributed by atoms with Gasteiger partial charge in [-0.3, -0.25) is 0 Å². The zero-order chi connectivity index (χ0) is 15.3. The van der Waals surface area contributed by atoms with E-state index < -0.39 is 12.1 Å². The van der Waals surface area contributed by atoms with E-state index in [1.54, 1.807) is 0 Å². The van der Waals surface area contributed by atoms with Crippen LogP contribution in [0.1, 0.15) is 11.1 Å². The summed E-state index contributed by atoms with van der Waals surface area (Å²) in [6.07, 6.45) is -2.81. The summed E-state index contributed by atoms with van der Waals surface area (Å²) in [4.78, 5) is 8.90. The Morgan fingerprint density at radius 1 is 1.40 bits per heavy atom. The SMILES string of the molecule is Cc1cc(Br)ccc1C=C1CNC1.O=C(O)C(F)(F)F. The number of nitrogens with one attached hydrogen (secondary N) is 1. The van der Waals surface area contributed by atoms with Crippen molar-refractivity contribution < 1.29 is 23.1 Å². The number of hydrogen-bond donors (Lipinski definition) is 2. The van der Waals surface area contributed by atoms with Crippen LogP contribution < -0.4 is 5.32 Å². The van der Waals surface area contributed by atoms with Gasteiger partial charge in [-0.15, -0.1) is 0 Å². The van der Waals surface area contributed by atoms with E-state index in [2.05, 4.69) is 52.4 Å². The van der Waals surface area contributed by atoms with Crippen LogP contribution in [0, 0.1) is 6.92 Å². The predicted molar refractivity (Wildman–Crippen MR) is 73.4 cm³/mol. The molecular formula is C13H13BrF3NO2. The summed E-state index contributed by atoms with van der Waals surface area (Å²) in [5.74, 6) is -2.76. The summed E-state index contributed by atoms with van der Waals surface area (Å²) in [5.41, 5.74) is 4.15. The van der Waals surface area contributed by atoms with Gasteiger partial charge in [0.2, 0.25) is 0 Å². The molecule has 3 nitrogen and oxygen atoms in total. The summed E-state index contributed by atoms with van der Waals surface area (Å²) in [7, 11) is 0. The maximum Gasteiger partial charge on any atom is 0.490 e. The molecule has 2 rings (SSSR count). The molecule has 7 heteroatoms. The number of alkyl halides is 3. The fraction of sp³-hybridized carbons (Fsp3) is 0.308. The molecule has 20 heavy (non-hydrogen) atoms. The van der Waals surface area contributed by atoms with Crippen LogP contribution in [0.4, 0.5) is 13.2 Å². The lowest BCUT2D eigenvalue weighted by Crippen LogP contribution is -2.33. The maximum atomic E-state index is 10.6. The topological polar surface area (TPSA) is 49.3 Å². The van der Waals surface area contributed by atoms with Crippen LogP contribution in [0.15, 0.2) is 28.2 Å². The predicted octanol–water partition coefficient (Wildman–Crippen LogP) is 3.38. The summed E-state index contributed by atoms with van der Waals surface area (Å²) in [5, 5.41) is 10.4. The van der Waals surface area contributed by atoms with E-state index in [4.69, 9.17) is 9.90 Å². The molecule has 1 heterocycles. The van der Waals surface area contributed by atoms with Gasteiger partial charge in [-0.2, -0.15) is 13.2 Å². The van der Waals surface area contributed by atoms with Gasteiger partial charge in [0.05, 0.1) is 0 Å². The summed E-state index contributed by atoms with van der Waals surface area (Å²) >= 11 is 3.46. The van der Waals surface area contributed by atoms with E-state index in [-0.39, 0.29) is 0 Å². The molecule has 0 aromatic heterocycles. The van der Waals surface area contributed by atoms with Crippen LogP contribution in [0.25, 0.3) is 6.08 Å². The molecule has 2 N–H and O–H groups in total. The third-order valence-corrected chi connectivity index (χ3v) is 3.03. The third kappa shape index (κ3) is 5.34. The van der Waals surface area contributed by atoms with Crippen LogP contribution in [-0.4, -0.2) is 30.3 Å². The lowest BCUT2D eigenvalue weighted by Gasteiger charge is -2.18. The minimum absolute atomic E-state index is 1.05. The molecule has 110 valence electrons. The Kier molecular flexibility index (Phi) is 5.76. The molecule has 0 amide bonds. The van der Waals surface area contributed by atoms with Crippen molar-refractivity contribution >= 4 is 28.0 Å². The number of carboxylic acid groups (broad SMARTS) is 1.